The molecule has 0 saturated carbocycles. The Morgan fingerprint density at radius 3 is 2.70 bits per heavy atom. The molecule has 1 N–H and O–H groups in total. The first-order valence-corrected chi connectivity index (χ1v) is 6.39. The molecule has 0 amide bonds. The fraction of sp³-hybridized carbons (Fsp3) is 0.0769. The van der Waals surface area contributed by atoms with Crippen LogP contribution < -0.4 is 5.32 Å². The van der Waals surface area contributed by atoms with Crippen LogP contribution >= 0.6 is 15.9 Å². The van der Waals surface area contributed by atoms with E-state index < -0.39 is 16.6 Å². The number of nitro benzene ring substituents is 1. The van der Waals surface area contributed by atoms with Crippen molar-refractivity contribution < 1.29 is 13.7 Å². The van der Waals surface area contributed by atoms with Crippen LogP contribution in [0.4, 0.5) is 20.2 Å². The van der Waals surface area contributed by atoms with E-state index >= 15 is 0 Å². The number of anilines is 1. The number of hydrogen-bond acceptors (Lipinski definition) is 3. The van der Waals surface area contributed by atoms with Crippen molar-refractivity contribution in [2.75, 3.05) is 5.32 Å². The quantitative estimate of drug-likeness (QED) is 0.667. The number of nitrogens with one attached hydrogen (secondary N) is 1. The van der Waals surface area contributed by atoms with E-state index in [2.05, 4.69) is 21.2 Å². The number of benzene rings is 2. The van der Waals surface area contributed by atoms with Crippen molar-refractivity contribution in [3.05, 3.63) is 68.2 Å². The minimum atomic E-state index is -0.925. The summed E-state index contributed by atoms with van der Waals surface area (Å²) in [5.41, 5.74) is 0.494. The van der Waals surface area contributed by atoms with Crippen molar-refractivity contribution in [3.63, 3.8) is 0 Å². The molecular formula is C13H9BrF2N2O2. The van der Waals surface area contributed by atoms with Crippen LogP contribution in [0.5, 0.6) is 0 Å². The molecule has 0 aromatic heterocycles. The zero-order valence-corrected chi connectivity index (χ0v) is 11.7. The van der Waals surface area contributed by atoms with E-state index in [1.165, 1.54) is 24.3 Å². The molecule has 0 heterocycles. The van der Waals surface area contributed by atoms with Gasteiger partial charge in [-0.05, 0) is 34.1 Å². The maximum atomic E-state index is 13.4. The zero-order valence-electron chi connectivity index (χ0n) is 10.1. The monoisotopic (exact) mass is 342 g/mol. The van der Waals surface area contributed by atoms with Crippen LogP contribution in [-0.4, -0.2) is 4.92 Å². The molecule has 0 radical (unpaired) electrons. The van der Waals surface area contributed by atoms with Gasteiger partial charge in [-0.15, -0.1) is 0 Å². The molecule has 0 aliphatic heterocycles. The fourth-order valence-electron chi connectivity index (χ4n) is 1.64. The standard InChI is InChI=1S/C13H9BrF2N2O2/c14-10-5-4-9(6-12(10)18(19)20)17-7-8-2-1-3-11(15)13(8)16/h1-6,17H,7H2. The van der Waals surface area contributed by atoms with E-state index in [9.17, 15) is 18.9 Å². The highest BCUT2D eigenvalue weighted by Crippen LogP contribution is 2.28. The Morgan fingerprint density at radius 2 is 2.00 bits per heavy atom. The summed E-state index contributed by atoms with van der Waals surface area (Å²) in [4.78, 5) is 10.3. The van der Waals surface area contributed by atoms with Gasteiger partial charge in [-0.25, -0.2) is 8.78 Å². The zero-order chi connectivity index (χ0) is 14.7. The van der Waals surface area contributed by atoms with Crippen molar-refractivity contribution >= 4 is 27.3 Å². The van der Waals surface area contributed by atoms with Gasteiger partial charge in [-0.1, -0.05) is 12.1 Å². The molecule has 0 aliphatic carbocycles. The van der Waals surface area contributed by atoms with Gasteiger partial charge in [0.25, 0.3) is 5.69 Å². The van der Waals surface area contributed by atoms with Crippen LogP contribution in [0.3, 0.4) is 0 Å². The maximum absolute atomic E-state index is 13.4. The first kappa shape index (κ1) is 14.4. The second-order valence-electron chi connectivity index (χ2n) is 3.99. The molecule has 2 rings (SSSR count). The summed E-state index contributed by atoms with van der Waals surface area (Å²) < 4.78 is 26.8. The Labute approximate surface area is 121 Å². The van der Waals surface area contributed by atoms with Crippen molar-refractivity contribution in [1.82, 2.24) is 0 Å². The predicted octanol–water partition coefficient (Wildman–Crippen LogP) is 4.25. The van der Waals surface area contributed by atoms with Crippen molar-refractivity contribution in [2.24, 2.45) is 0 Å². The SMILES string of the molecule is O=[N+]([O-])c1cc(NCc2cccc(F)c2F)ccc1Br. The summed E-state index contributed by atoms with van der Waals surface area (Å²) in [5, 5.41) is 13.6. The Balaban J connectivity index is 2.17. The predicted molar refractivity (Wildman–Crippen MR) is 74.5 cm³/mol. The lowest BCUT2D eigenvalue weighted by atomic mass is 10.2. The number of nitro groups is 1. The van der Waals surface area contributed by atoms with Crippen molar-refractivity contribution in [1.29, 1.82) is 0 Å². The molecule has 0 bridgehead atoms. The highest BCUT2D eigenvalue weighted by molar-refractivity contribution is 9.10. The smallest absolute Gasteiger partial charge is 0.285 e. The highest BCUT2D eigenvalue weighted by atomic mass is 79.9. The summed E-state index contributed by atoms with van der Waals surface area (Å²) in [6, 6.07) is 8.32. The number of nitrogens with zero attached hydrogens (tertiary/aromatic N) is 1. The fourth-order valence-corrected chi connectivity index (χ4v) is 2.04. The molecule has 104 valence electrons. The van der Waals surface area contributed by atoms with E-state index in [1.807, 2.05) is 0 Å². The van der Waals surface area contributed by atoms with Gasteiger partial charge in [0, 0.05) is 23.9 Å². The normalized spacial score (nSPS) is 10.3. The van der Waals surface area contributed by atoms with Crippen molar-refractivity contribution in [2.45, 2.75) is 6.54 Å². The lowest BCUT2D eigenvalue weighted by Gasteiger charge is -2.08. The molecule has 2 aromatic rings. The first-order chi connectivity index (χ1) is 9.49. The molecule has 20 heavy (non-hydrogen) atoms. The van der Waals surface area contributed by atoms with Gasteiger partial charge < -0.3 is 5.32 Å². The highest BCUT2D eigenvalue weighted by Gasteiger charge is 2.13. The van der Waals surface area contributed by atoms with E-state index in [0.29, 0.717) is 10.2 Å². The third-order valence-corrected chi connectivity index (χ3v) is 3.33. The van der Waals surface area contributed by atoms with E-state index in [0.717, 1.165) is 6.07 Å². The van der Waals surface area contributed by atoms with E-state index in [1.54, 1.807) is 6.07 Å². The van der Waals surface area contributed by atoms with E-state index in [-0.39, 0.29) is 17.8 Å². The number of hydrogen-bond donors (Lipinski definition) is 1. The molecule has 0 fully saturated rings. The Bertz CT molecular complexity index is 665. The first-order valence-electron chi connectivity index (χ1n) is 5.59. The van der Waals surface area contributed by atoms with Crippen LogP contribution in [0, 0.1) is 21.7 Å². The lowest BCUT2D eigenvalue weighted by Crippen LogP contribution is -2.03. The maximum Gasteiger partial charge on any atom is 0.285 e. The summed E-state index contributed by atoms with van der Waals surface area (Å²) in [7, 11) is 0. The molecule has 0 spiro atoms. The third-order valence-electron chi connectivity index (χ3n) is 2.66. The number of rotatable bonds is 4. The average molecular weight is 343 g/mol. The second-order valence-corrected chi connectivity index (χ2v) is 4.84. The van der Waals surface area contributed by atoms with Gasteiger partial charge in [0.15, 0.2) is 11.6 Å². The van der Waals surface area contributed by atoms with Crippen LogP contribution in [0.2, 0.25) is 0 Å². The summed E-state index contributed by atoms with van der Waals surface area (Å²) >= 11 is 3.07. The average Bonchev–Trinajstić information content (AvgIpc) is 2.41. The molecular weight excluding hydrogens is 334 g/mol. The summed E-state index contributed by atoms with van der Waals surface area (Å²) in [6.07, 6.45) is 0. The summed E-state index contributed by atoms with van der Waals surface area (Å²) in [5.74, 6) is -1.85. The van der Waals surface area contributed by atoms with Gasteiger partial charge in [0.2, 0.25) is 0 Å². The Morgan fingerprint density at radius 1 is 1.25 bits per heavy atom. The van der Waals surface area contributed by atoms with Gasteiger partial charge in [0.05, 0.1) is 9.40 Å². The molecule has 0 unspecified atom stereocenters. The molecule has 4 nitrogen and oxygen atoms in total. The van der Waals surface area contributed by atoms with Crippen LogP contribution in [0.1, 0.15) is 5.56 Å². The molecule has 0 saturated heterocycles. The molecule has 7 heteroatoms. The number of halogens is 3. The van der Waals surface area contributed by atoms with Crippen LogP contribution in [0.25, 0.3) is 0 Å². The van der Waals surface area contributed by atoms with E-state index in [4.69, 9.17) is 0 Å². The minimum absolute atomic E-state index is 0.0301. The molecule has 0 atom stereocenters. The van der Waals surface area contributed by atoms with Crippen LogP contribution in [0.15, 0.2) is 40.9 Å². The Hall–Kier alpha value is -2.02. The Kier molecular flexibility index (Phi) is 4.29. The lowest BCUT2D eigenvalue weighted by molar-refractivity contribution is -0.385. The molecule has 2 aromatic carbocycles. The van der Waals surface area contributed by atoms with Gasteiger partial charge in [-0.3, -0.25) is 10.1 Å². The second kappa shape index (κ2) is 5.96. The largest absolute Gasteiger partial charge is 0.381 e. The van der Waals surface area contributed by atoms with Gasteiger partial charge in [0.1, 0.15) is 0 Å². The van der Waals surface area contributed by atoms with Crippen LogP contribution in [-0.2, 0) is 6.54 Å². The summed E-state index contributed by atoms with van der Waals surface area (Å²) in [6.45, 7) is 0.0301. The topological polar surface area (TPSA) is 55.2 Å². The minimum Gasteiger partial charge on any atom is -0.381 e. The van der Waals surface area contributed by atoms with Gasteiger partial charge >= 0.3 is 0 Å². The van der Waals surface area contributed by atoms with Crippen molar-refractivity contribution in [3.8, 4) is 0 Å². The van der Waals surface area contributed by atoms with Gasteiger partial charge in [-0.2, -0.15) is 0 Å². The third kappa shape index (κ3) is 3.11. The molecule has 0 aliphatic rings.